The molecule has 1 fully saturated rings. The molecule has 2 unspecified atom stereocenters. The Morgan fingerprint density at radius 2 is 2.27 bits per heavy atom. The van der Waals surface area contributed by atoms with E-state index in [1.807, 2.05) is 6.07 Å². The van der Waals surface area contributed by atoms with Crippen LogP contribution in [0.1, 0.15) is 18.3 Å². The number of hydrogen-bond acceptors (Lipinski definition) is 4. The monoisotopic (exact) mass is 205 g/mol. The molecular formula is C11H11NO3. The fraction of sp³-hybridized carbons (Fsp3) is 0.364. The van der Waals surface area contributed by atoms with Crippen LogP contribution >= 0.6 is 0 Å². The molecule has 1 heterocycles. The summed E-state index contributed by atoms with van der Waals surface area (Å²) < 4.78 is 10.8. The molecule has 1 N–H and O–H groups in total. The van der Waals surface area contributed by atoms with Crippen LogP contribution in [0.3, 0.4) is 0 Å². The molecule has 0 radical (unpaired) electrons. The molecule has 78 valence electrons. The molecule has 4 nitrogen and oxygen atoms in total. The number of hydrogen-bond donors (Lipinski definition) is 1. The van der Waals surface area contributed by atoms with Crippen molar-refractivity contribution in [3.8, 4) is 11.8 Å². The second kappa shape index (κ2) is 4.30. The van der Waals surface area contributed by atoms with Crippen LogP contribution in [0, 0.1) is 11.3 Å². The second-order valence-corrected chi connectivity index (χ2v) is 3.34. The Morgan fingerprint density at radius 1 is 1.47 bits per heavy atom. The van der Waals surface area contributed by atoms with Crippen molar-refractivity contribution in [2.24, 2.45) is 0 Å². The van der Waals surface area contributed by atoms with E-state index in [1.54, 1.807) is 24.3 Å². The third kappa shape index (κ3) is 2.09. The first kappa shape index (κ1) is 9.97. The fourth-order valence-electron chi connectivity index (χ4n) is 1.51. The molecule has 15 heavy (non-hydrogen) atoms. The first-order valence-corrected chi connectivity index (χ1v) is 4.73. The number of aromatic hydroxyl groups is 1. The van der Waals surface area contributed by atoms with Gasteiger partial charge in [0.2, 0.25) is 0 Å². The normalized spacial score (nSPS) is 25.0. The minimum atomic E-state index is -0.551. The Balaban J connectivity index is 2.08. The van der Waals surface area contributed by atoms with E-state index in [1.165, 1.54) is 0 Å². The summed E-state index contributed by atoms with van der Waals surface area (Å²) in [6, 6.07) is 8.90. The molecule has 1 aromatic rings. The van der Waals surface area contributed by atoms with Gasteiger partial charge in [-0.05, 0) is 6.07 Å². The molecule has 0 aromatic heterocycles. The number of phenolic OH excluding ortho intramolecular Hbond substituents is 1. The molecule has 1 saturated heterocycles. The lowest BCUT2D eigenvalue weighted by Crippen LogP contribution is -2.07. The maximum atomic E-state index is 9.56. The van der Waals surface area contributed by atoms with Crippen molar-refractivity contribution < 1.29 is 14.6 Å². The smallest absolute Gasteiger partial charge is 0.187 e. The molecule has 0 saturated carbocycles. The number of nitriles is 1. The van der Waals surface area contributed by atoms with Gasteiger partial charge in [0.25, 0.3) is 0 Å². The molecule has 0 amide bonds. The van der Waals surface area contributed by atoms with Crippen LogP contribution in [-0.4, -0.2) is 17.8 Å². The lowest BCUT2D eigenvalue weighted by molar-refractivity contribution is -0.0604. The highest BCUT2D eigenvalue weighted by atomic mass is 16.7. The van der Waals surface area contributed by atoms with Crippen molar-refractivity contribution in [1.29, 1.82) is 5.26 Å². The van der Waals surface area contributed by atoms with Gasteiger partial charge in [0, 0.05) is 5.56 Å². The van der Waals surface area contributed by atoms with Gasteiger partial charge in [0.05, 0.1) is 25.2 Å². The highest BCUT2D eigenvalue weighted by molar-refractivity contribution is 5.33. The summed E-state index contributed by atoms with van der Waals surface area (Å²) in [5.41, 5.74) is 0.609. The van der Waals surface area contributed by atoms with Crippen LogP contribution in [0.5, 0.6) is 5.75 Å². The Bertz CT molecular complexity index is 386. The molecule has 0 bridgehead atoms. The molecule has 0 aliphatic carbocycles. The Labute approximate surface area is 87.7 Å². The lowest BCUT2D eigenvalue weighted by atomic mass is 10.2. The van der Waals surface area contributed by atoms with Gasteiger partial charge in [0.15, 0.2) is 6.29 Å². The minimum absolute atomic E-state index is 0.153. The van der Waals surface area contributed by atoms with Gasteiger partial charge in [-0.1, -0.05) is 18.2 Å². The van der Waals surface area contributed by atoms with E-state index in [4.69, 9.17) is 14.7 Å². The summed E-state index contributed by atoms with van der Waals surface area (Å²) in [5.74, 6) is 0.153. The average Bonchev–Trinajstić information content (AvgIpc) is 2.68. The van der Waals surface area contributed by atoms with Crippen LogP contribution in [0.2, 0.25) is 0 Å². The number of nitrogens with zero attached hydrogens (tertiary/aromatic N) is 1. The van der Waals surface area contributed by atoms with E-state index >= 15 is 0 Å². The molecular weight excluding hydrogens is 194 g/mol. The summed E-state index contributed by atoms with van der Waals surface area (Å²) >= 11 is 0. The highest BCUT2D eigenvalue weighted by Crippen LogP contribution is 2.32. The first-order valence-electron chi connectivity index (χ1n) is 4.73. The van der Waals surface area contributed by atoms with Crippen LogP contribution in [0.4, 0.5) is 0 Å². The van der Waals surface area contributed by atoms with E-state index in [2.05, 4.69) is 0 Å². The molecule has 0 spiro atoms. The lowest BCUT2D eigenvalue weighted by Gasteiger charge is -2.11. The van der Waals surface area contributed by atoms with E-state index < -0.39 is 6.29 Å². The highest BCUT2D eigenvalue weighted by Gasteiger charge is 2.28. The molecule has 2 atom stereocenters. The van der Waals surface area contributed by atoms with Crippen molar-refractivity contribution in [1.82, 2.24) is 0 Å². The van der Waals surface area contributed by atoms with Crippen molar-refractivity contribution in [3.63, 3.8) is 0 Å². The van der Waals surface area contributed by atoms with E-state index in [0.29, 0.717) is 18.6 Å². The predicted molar refractivity (Wildman–Crippen MR) is 51.9 cm³/mol. The zero-order valence-electron chi connectivity index (χ0n) is 8.09. The number of para-hydroxylation sites is 1. The van der Waals surface area contributed by atoms with Gasteiger partial charge >= 0.3 is 0 Å². The molecule has 1 aromatic carbocycles. The molecule has 1 aliphatic heterocycles. The average molecular weight is 205 g/mol. The number of benzene rings is 1. The van der Waals surface area contributed by atoms with Crippen molar-refractivity contribution in [3.05, 3.63) is 29.8 Å². The number of rotatable bonds is 2. The maximum Gasteiger partial charge on any atom is 0.187 e. The predicted octanol–water partition coefficient (Wildman–Crippen LogP) is 1.72. The summed E-state index contributed by atoms with van der Waals surface area (Å²) in [6.07, 6.45) is -0.437. The third-order valence-electron chi connectivity index (χ3n) is 2.26. The standard InChI is InChI=1S/C11H11NO3/c12-6-5-8-7-14-11(15-8)9-3-1-2-4-10(9)13/h1-4,8,11,13H,5,7H2. The van der Waals surface area contributed by atoms with Crippen LogP contribution in [-0.2, 0) is 9.47 Å². The molecule has 4 heteroatoms. The van der Waals surface area contributed by atoms with Gasteiger partial charge in [-0.2, -0.15) is 5.26 Å². The Morgan fingerprint density at radius 3 is 3.00 bits per heavy atom. The summed E-state index contributed by atoms with van der Waals surface area (Å²) in [7, 11) is 0. The second-order valence-electron chi connectivity index (χ2n) is 3.34. The summed E-state index contributed by atoms with van der Waals surface area (Å²) in [4.78, 5) is 0. The molecule has 2 rings (SSSR count). The van der Waals surface area contributed by atoms with Gasteiger partial charge < -0.3 is 14.6 Å². The quantitative estimate of drug-likeness (QED) is 0.798. The van der Waals surface area contributed by atoms with Crippen molar-refractivity contribution in [2.45, 2.75) is 18.8 Å². The van der Waals surface area contributed by atoms with E-state index in [-0.39, 0.29) is 11.9 Å². The van der Waals surface area contributed by atoms with E-state index in [9.17, 15) is 5.11 Å². The molecule has 1 aliphatic rings. The minimum Gasteiger partial charge on any atom is -0.507 e. The van der Waals surface area contributed by atoms with Gasteiger partial charge in [-0.3, -0.25) is 0 Å². The van der Waals surface area contributed by atoms with Crippen molar-refractivity contribution in [2.75, 3.05) is 6.61 Å². The SMILES string of the molecule is N#CCC1COC(c2ccccc2O)O1. The maximum absolute atomic E-state index is 9.56. The Hall–Kier alpha value is -1.57. The number of ether oxygens (including phenoxy) is 2. The van der Waals surface area contributed by atoms with Gasteiger partial charge in [-0.15, -0.1) is 0 Å². The van der Waals surface area contributed by atoms with Crippen LogP contribution in [0.25, 0.3) is 0 Å². The largest absolute Gasteiger partial charge is 0.507 e. The van der Waals surface area contributed by atoms with Gasteiger partial charge in [-0.25, -0.2) is 0 Å². The van der Waals surface area contributed by atoms with Gasteiger partial charge in [0.1, 0.15) is 5.75 Å². The van der Waals surface area contributed by atoms with Crippen LogP contribution < -0.4 is 0 Å². The Kier molecular flexibility index (Phi) is 2.86. The summed E-state index contributed by atoms with van der Waals surface area (Å²) in [5, 5.41) is 18.1. The van der Waals surface area contributed by atoms with Crippen molar-refractivity contribution >= 4 is 0 Å². The first-order chi connectivity index (χ1) is 7.31. The van der Waals surface area contributed by atoms with E-state index in [0.717, 1.165) is 0 Å². The topological polar surface area (TPSA) is 62.5 Å². The zero-order chi connectivity index (χ0) is 10.7. The van der Waals surface area contributed by atoms with Crippen LogP contribution in [0.15, 0.2) is 24.3 Å². The zero-order valence-corrected chi connectivity index (χ0v) is 8.09. The number of phenols is 1. The fourth-order valence-corrected chi connectivity index (χ4v) is 1.51. The summed E-state index contributed by atoms with van der Waals surface area (Å²) in [6.45, 7) is 0.395. The third-order valence-corrected chi connectivity index (χ3v) is 2.26.